The van der Waals surface area contributed by atoms with Crippen molar-refractivity contribution in [1.29, 1.82) is 0 Å². The molecule has 3 rings (SSSR count). The highest BCUT2D eigenvalue weighted by atomic mass is 19.3. The molecule has 0 spiro atoms. The normalized spacial score (nSPS) is 19.1. The lowest BCUT2D eigenvalue weighted by atomic mass is 9.77. The second-order valence-corrected chi connectivity index (χ2v) is 9.25. The van der Waals surface area contributed by atoms with Crippen molar-refractivity contribution in [3.8, 4) is 0 Å². The quantitative estimate of drug-likeness (QED) is 0.293. The monoisotopic (exact) mass is 452 g/mol. The van der Waals surface area contributed by atoms with Gasteiger partial charge in [-0.15, -0.1) is 6.58 Å². The van der Waals surface area contributed by atoms with Crippen molar-refractivity contribution in [2.45, 2.75) is 76.7 Å². The molecule has 0 heterocycles. The topological polar surface area (TPSA) is 9.23 Å². The predicted molar refractivity (Wildman–Crippen MR) is 134 cm³/mol. The molecule has 1 aliphatic rings. The Kier molecular flexibility index (Phi) is 9.87. The Morgan fingerprint density at radius 2 is 1.55 bits per heavy atom. The average molecular weight is 453 g/mol. The third-order valence-corrected chi connectivity index (χ3v) is 6.88. The minimum atomic E-state index is -3.27. The highest BCUT2D eigenvalue weighted by Gasteiger charge is 2.33. The molecule has 1 nitrogen and oxygen atoms in total. The van der Waals surface area contributed by atoms with E-state index >= 15 is 0 Å². The molecule has 1 saturated carbocycles. The van der Waals surface area contributed by atoms with E-state index in [0.717, 1.165) is 43.6 Å². The minimum Gasteiger partial charge on any atom is -0.316 e. The number of alkyl halides is 2. The van der Waals surface area contributed by atoms with Gasteiger partial charge in [0.25, 0.3) is 0 Å². The molecule has 0 amide bonds. The first-order valence-electron chi connectivity index (χ1n) is 12.4. The van der Waals surface area contributed by atoms with Crippen molar-refractivity contribution < 1.29 is 13.5 Å². The first kappa shape index (κ1) is 25.4. The Bertz CT molecular complexity index is 859. The van der Waals surface area contributed by atoms with Gasteiger partial charge in [-0.25, -0.2) is 0 Å². The van der Waals surface area contributed by atoms with Gasteiger partial charge in [0.15, 0.2) is 0 Å². The molecule has 0 saturated heterocycles. The maximum Gasteiger partial charge on any atom is 0.383 e. The van der Waals surface area contributed by atoms with Gasteiger partial charge < -0.3 is 4.74 Å². The zero-order chi connectivity index (χ0) is 23.5. The molecule has 3 heteroatoms. The number of halogens is 2. The van der Waals surface area contributed by atoms with Crippen molar-refractivity contribution in [1.82, 2.24) is 0 Å². The van der Waals surface area contributed by atoms with Crippen LogP contribution in [0, 0.1) is 5.92 Å². The summed E-state index contributed by atoms with van der Waals surface area (Å²) < 4.78 is 34.2. The Morgan fingerprint density at radius 3 is 2.15 bits per heavy atom. The second-order valence-electron chi connectivity index (χ2n) is 9.25. The average Bonchev–Trinajstić information content (AvgIpc) is 2.84. The summed E-state index contributed by atoms with van der Waals surface area (Å²) in [5.41, 5.74) is 3.38. The fourth-order valence-corrected chi connectivity index (χ4v) is 4.76. The van der Waals surface area contributed by atoms with Crippen LogP contribution in [-0.2, 0) is 23.7 Å². The van der Waals surface area contributed by atoms with E-state index in [0.29, 0.717) is 12.3 Å². The SMILES string of the molecule is C=CCCC1CCC(c2ccc(C(F)(F)OCCc3ccc(CC/C=C/C)cc3)cc2)CC1. The smallest absolute Gasteiger partial charge is 0.316 e. The number of benzene rings is 2. The van der Waals surface area contributed by atoms with E-state index in [4.69, 9.17) is 4.74 Å². The van der Waals surface area contributed by atoms with Gasteiger partial charge in [0, 0.05) is 0 Å². The summed E-state index contributed by atoms with van der Waals surface area (Å²) >= 11 is 0. The fourth-order valence-electron chi connectivity index (χ4n) is 4.76. The number of rotatable bonds is 12. The predicted octanol–water partition coefficient (Wildman–Crippen LogP) is 8.74. The highest BCUT2D eigenvalue weighted by Crippen LogP contribution is 2.38. The zero-order valence-corrected chi connectivity index (χ0v) is 19.9. The Hall–Kier alpha value is -2.26. The van der Waals surface area contributed by atoms with Crippen LogP contribution in [0.2, 0.25) is 0 Å². The number of allylic oxidation sites excluding steroid dienone is 3. The summed E-state index contributed by atoms with van der Waals surface area (Å²) in [6.45, 7) is 5.82. The van der Waals surface area contributed by atoms with Crippen molar-refractivity contribution in [2.75, 3.05) is 6.61 Å². The lowest BCUT2D eigenvalue weighted by Gasteiger charge is -2.29. The van der Waals surface area contributed by atoms with Gasteiger partial charge in [0.2, 0.25) is 0 Å². The van der Waals surface area contributed by atoms with Crippen LogP contribution in [0.5, 0.6) is 0 Å². The third-order valence-electron chi connectivity index (χ3n) is 6.88. The summed E-state index contributed by atoms with van der Waals surface area (Å²) in [6, 6.07) is 15.0. The summed E-state index contributed by atoms with van der Waals surface area (Å²) in [4.78, 5) is 0. The van der Waals surface area contributed by atoms with Crippen molar-refractivity contribution in [3.05, 3.63) is 95.6 Å². The summed E-state index contributed by atoms with van der Waals surface area (Å²) in [7, 11) is 0. The molecule has 2 aromatic carbocycles. The van der Waals surface area contributed by atoms with Crippen LogP contribution >= 0.6 is 0 Å². The van der Waals surface area contributed by atoms with E-state index in [2.05, 4.69) is 30.9 Å². The van der Waals surface area contributed by atoms with Crippen LogP contribution < -0.4 is 0 Å². The third kappa shape index (κ3) is 7.92. The highest BCUT2D eigenvalue weighted by molar-refractivity contribution is 5.28. The molecule has 33 heavy (non-hydrogen) atoms. The molecule has 2 aromatic rings. The van der Waals surface area contributed by atoms with Gasteiger partial charge in [-0.1, -0.05) is 66.8 Å². The number of aryl methyl sites for hydroxylation is 1. The van der Waals surface area contributed by atoms with Crippen molar-refractivity contribution >= 4 is 0 Å². The van der Waals surface area contributed by atoms with E-state index in [1.54, 1.807) is 12.1 Å². The van der Waals surface area contributed by atoms with Crippen LogP contribution in [0.15, 0.2) is 73.3 Å². The van der Waals surface area contributed by atoms with E-state index in [-0.39, 0.29) is 12.2 Å². The van der Waals surface area contributed by atoms with Crippen LogP contribution in [0.1, 0.15) is 80.0 Å². The fraction of sp³-hybridized carbons (Fsp3) is 0.467. The van der Waals surface area contributed by atoms with Gasteiger partial charge >= 0.3 is 6.11 Å². The molecule has 1 fully saturated rings. The van der Waals surface area contributed by atoms with E-state index in [1.165, 1.54) is 30.4 Å². The number of ether oxygens (including phenoxy) is 1. The molecule has 0 aliphatic heterocycles. The lowest BCUT2D eigenvalue weighted by molar-refractivity contribution is -0.248. The molecule has 0 radical (unpaired) electrons. The second kappa shape index (κ2) is 12.8. The van der Waals surface area contributed by atoms with Gasteiger partial charge in [0.05, 0.1) is 12.2 Å². The molecule has 0 atom stereocenters. The Morgan fingerprint density at radius 1 is 0.909 bits per heavy atom. The van der Waals surface area contributed by atoms with Crippen molar-refractivity contribution in [2.24, 2.45) is 5.92 Å². The molecule has 0 N–H and O–H groups in total. The van der Waals surface area contributed by atoms with Crippen LogP contribution in [0.3, 0.4) is 0 Å². The minimum absolute atomic E-state index is 0.0125. The van der Waals surface area contributed by atoms with Gasteiger partial charge in [-0.3, -0.25) is 0 Å². The van der Waals surface area contributed by atoms with Gasteiger partial charge in [-0.05, 0) is 93.2 Å². The Labute approximate surface area is 198 Å². The van der Waals surface area contributed by atoms with Gasteiger partial charge in [-0.2, -0.15) is 8.78 Å². The van der Waals surface area contributed by atoms with Crippen LogP contribution in [-0.4, -0.2) is 6.61 Å². The molecule has 1 aliphatic carbocycles. The van der Waals surface area contributed by atoms with Crippen molar-refractivity contribution in [3.63, 3.8) is 0 Å². The van der Waals surface area contributed by atoms with Gasteiger partial charge in [0.1, 0.15) is 0 Å². The lowest BCUT2D eigenvalue weighted by Crippen LogP contribution is -2.20. The molecule has 0 aromatic heterocycles. The first-order valence-corrected chi connectivity index (χ1v) is 12.4. The van der Waals surface area contributed by atoms with E-state index in [1.807, 2.05) is 37.3 Å². The van der Waals surface area contributed by atoms with Crippen LogP contribution in [0.25, 0.3) is 0 Å². The Balaban J connectivity index is 1.46. The number of hydrogen-bond acceptors (Lipinski definition) is 1. The number of hydrogen-bond donors (Lipinski definition) is 0. The molecule has 0 bridgehead atoms. The first-order chi connectivity index (χ1) is 16.0. The molecule has 178 valence electrons. The molecular weight excluding hydrogens is 414 g/mol. The molecule has 0 unspecified atom stereocenters. The summed E-state index contributed by atoms with van der Waals surface area (Å²) in [5.74, 6) is 1.26. The van der Waals surface area contributed by atoms with Crippen LogP contribution in [0.4, 0.5) is 8.78 Å². The molecular formula is C30H38F2O. The maximum absolute atomic E-state index is 14.6. The zero-order valence-electron chi connectivity index (χ0n) is 19.9. The standard InChI is InChI=1S/C30H38F2O/c1-3-5-7-9-25-10-12-26(13-11-25)22-23-33-30(31,32)29-20-18-28(19-21-29)27-16-14-24(15-17-27)8-6-4-2/h3-5,10-13,18-21,24,27H,2,6-9,14-17,22-23H2,1H3/b5-3+. The summed E-state index contributed by atoms with van der Waals surface area (Å²) in [6.07, 6.45) is 12.4. The van der Waals surface area contributed by atoms with E-state index in [9.17, 15) is 8.78 Å². The largest absolute Gasteiger partial charge is 0.383 e. The maximum atomic E-state index is 14.6. The van der Waals surface area contributed by atoms with E-state index < -0.39 is 6.11 Å². The summed E-state index contributed by atoms with van der Waals surface area (Å²) in [5, 5.41) is 0.